The van der Waals surface area contributed by atoms with Gasteiger partial charge in [-0.15, -0.1) is 0 Å². The van der Waals surface area contributed by atoms with Gasteiger partial charge in [0, 0.05) is 10.7 Å². The van der Waals surface area contributed by atoms with Crippen LogP contribution in [0.3, 0.4) is 0 Å². The summed E-state index contributed by atoms with van der Waals surface area (Å²) in [7, 11) is 0. The molecule has 3 nitrogen and oxygen atoms in total. The summed E-state index contributed by atoms with van der Waals surface area (Å²) in [6, 6.07) is 6.61. The van der Waals surface area contributed by atoms with Crippen molar-refractivity contribution in [2.75, 3.05) is 0 Å². The highest BCUT2D eigenvalue weighted by atomic mass is 35.5. The van der Waals surface area contributed by atoms with Gasteiger partial charge in [-0.2, -0.15) is 0 Å². The predicted octanol–water partition coefficient (Wildman–Crippen LogP) is 2.03. The minimum atomic E-state index is -0.618. The molecule has 1 unspecified atom stereocenters. The van der Waals surface area contributed by atoms with Crippen molar-refractivity contribution in [1.29, 1.82) is 0 Å². The van der Waals surface area contributed by atoms with Gasteiger partial charge in [0.1, 0.15) is 0 Å². The van der Waals surface area contributed by atoms with Crippen molar-refractivity contribution >= 4 is 17.5 Å². The maximum atomic E-state index is 11.6. The molecule has 0 radical (unpaired) electrons. The topological polar surface area (TPSA) is 55.1 Å². The molecule has 0 aromatic heterocycles. The molecule has 1 aromatic rings. The maximum absolute atomic E-state index is 11.6. The van der Waals surface area contributed by atoms with Crippen LogP contribution in [0.2, 0.25) is 5.02 Å². The van der Waals surface area contributed by atoms with Crippen LogP contribution in [0.1, 0.15) is 5.56 Å². The number of carbonyl (C=O) groups excluding carboxylic acids is 1. The summed E-state index contributed by atoms with van der Waals surface area (Å²) >= 11 is 5.77. The molecule has 0 bridgehead atoms. The molecule has 17 heavy (non-hydrogen) atoms. The number of allylic oxidation sites excluding steroid dienone is 1. The number of nitrogens with two attached hydrogens (primary N) is 1. The second-order valence-electron chi connectivity index (χ2n) is 3.66. The molecule has 1 amide bonds. The molecule has 0 aliphatic carbocycles. The Balaban J connectivity index is 2.56. The Kier molecular flexibility index (Phi) is 4.94. The second-order valence-corrected chi connectivity index (χ2v) is 4.09. The lowest BCUT2D eigenvalue weighted by molar-refractivity contribution is -0.121. The molecule has 0 fully saturated rings. The van der Waals surface area contributed by atoms with Crippen molar-refractivity contribution in [3.8, 4) is 0 Å². The van der Waals surface area contributed by atoms with Crippen LogP contribution < -0.4 is 11.1 Å². The fraction of sp³-hybridized carbons (Fsp3) is 0.154. The molecule has 0 spiro atoms. The molecule has 1 rings (SSSR count). The van der Waals surface area contributed by atoms with Crippen LogP contribution in [-0.2, 0) is 11.2 Å². The lowest BCUT2D eigenvalue weighted by atomic mass is 10.1. The molecule has 90 valence electrons. The van der Waals surface area contributed by atoms with E-state index in [1.165, 1.54) is 6.08 Å². The van der Waals surface area contributed by atoms with E-state index in [4.69, 9.17) is 17.3 Å². The van der Waals surface area contributed by atoms with Gasteiger partial charge in [-0.25, -0.2) is 0 Å². The highest BCUT2D eigenvalue weighted by Crippen LogP contribution is 2.10. The summed E-state index contributed by atoms with van der Waals surface area (Å²) < 4.78 is 0. The number of hydrogen-bond acceptors (Lipinski definition) is 2. The predicted molar refractivity (Wildman–Crippen MR) is 70.6 cm³/mol. The summed E-state index contributed by atoms with van der Waals surface area (Å²) in [6.07, 6.45) is 1.92. The van der Waals surface area contributed by atoms with Crippen molar-refractivity contribution in [2.24, 2.45) is 5.73 Å². The lowest BCUT2D eigenvalue weighted by Gasteiger charge is -2.12. The first kappa shape index (κ1) is 13.5. The van der Waals surface area contributed by atoms with Crippen LogP contribution in [0.25, 0.3) is 0 Å². The Morgan fingerprint density at radius 2 is 2.06 bits per heavy atom. The molecule has 0 aliphatic heterocycles. The number of hydrogen-bond donors (Lipinski definition) is 2. The summed E-state index contributed by atoms with van der Waals surface area (Å²) in [5.74, 6) is -0.273. The Bertz CT molecular complexity index is 426. The number of rotatable bonds is 5. The third-order valence-corrected chi connectivity index (χ3v) is 2.49. The summed E-state index contributed by atoms with van der Waals surface area (Å²) in [5.41, 5.74) is 7.18. The first-order valence-corrected chi connectivity index (χ1v) is 5.53. The zero-order valence-electron chi connectivity index (χ0n) is 9.45. The van der Waals surface area contributed by atoms with Gasteiger partial charge in [0.2, 0.25) is 5.91 Å². The van der Waals surface area contributed by atoms with Crippen LogP contribution >= 0.6 is 11.6 Å². The monoisotopic (exact) mass is 250 g/mol. The lowest BCUT2D eigenvalue weighted by Crippen LogP contribution is -2.41. The van der Waals surface area contributed by atoms with Crippen LogP contribution in [0.4, 0.5) is 0 Å². The smallest absolute Gasteiger partial charge is 0.241 e. The van der Waals surface area contributed by atoms with Gasteiger partial charge in [-0.05, 0) is 30.2 Å². The quantitative estimate of drug-likeness (QED) is 0.786. The number of nitrogens with one attached hydrogen (secondary N) is 1. The van der Waals surface area contributed by atoms with Crippen LogP contribution in [0.5, 0.6) is 0 Å². The van der Waals surface area contributed by atoms with Crippen molar-refractivity contribution < 1.29 is 4.79 Å². The fourth-order valence-electron chi connectivity index (χ4n) is 1.27. The molecule has 4 heteroatoms. The molecule has 0 saturated carbocycles. The number of benzene rings is 1. The molecule has 1 atom stereocenters. The largest absolute Gasteiger partial charge is 0.325 e. The van der Waals surface area contributed by atoms with E-state index in [0.717, 1.165) is 5.56 Å². The molecule has 0 heterocycles. The SMILES string of the molecule is C=CC(=C)NC(=O)C(N)Cc1ccc(Cl)cc1. The van der Waals surface area contributed by atoms with Gasteiger partial charge in [-0.1, -0.05) is 36.9 Å². The Hall–Kier alpha value is -1.58. The van der Waals surface area contributed by atoms with Gasteiger partial charge < -0.3 is 11.1 Å². The zero-order chi connectivity index (χ0) is 12.8. The minimum Gasteiger partial charge on any atom is -0.325 e. The Morgan fingerprint density at radius 1 is 1.47 bits per heavy atom. The van der Waals surface area contributed by atoms with E-state index < -0.39 is 6.04 Å². The molecular formula is C13H15ClN2O. The number of carbonyl (C=O) groups is 1. The van der Waals surface area contributed by atoms with Crippen LogP contribution in [-0.4, -0.2) is 11.9 Å². The van der Waals surface area contributed by atoms with Crippen LogP contribution in [0, 0.1) is 0 Å². The van der Waals surface area contributed by atoms with Crippen molar-refractivity contribution in [1.82, 2.24) is 5.32 Å². The van der Waals surface area contributed by atoms with Gasteiger partial charge in [0.15, 0.2) is 0 Å². The standard InChI is InChI=1S/C13H15ClN2O/c1-3-9(2)16-13(17)12(15)8-10-4-6-11(14)7-5-10/h3-7,12H,1-2,8,15H2,(H,16,17). The van der Waals surface area contributed by atoms with E-state index in [1.807, 2.05) is 12.1 Å². The average molecular weight is 251 g/mol. The second kappa shape index (κ2) is 6.23. The third-order valence-electron chi connectivity index (χ3n) is 2.24. The van der Waals surface area contributed by atoms with Gasteiger partial charge in [-0.3, -0.25) is 4.79 Å². The third kappa shape index (κ3) is 4.43. The molecule has 0 aliphatic rings. The van der Waals surface area contributed by atoms with Gasteiger partial charge in [0.05, 0.1) is 6.04 Å². The molecule has 1 aromatic carbocycles. The van der Waals surface area contributed by atoms with Gasteiger partial charge in [0.25, 0.3) is 0 Å². The van der Waals surface area contributed by atoms with E-state index in [0.29, 0.717) is 17.1 Å². The van der Waals surface area contributed by atoms with Crippen LogP contribution in [0.15, 0.2) is 49.2 Å². The normalized spacial score (nSPS) is 11.6. The molecule has 0 saturated heterocycles. The first-order chi connectivity index (χ1) is 8.02. The van der Waals surface area contributed by atoms with E-state index >= 15 is 0 Å². The zero-order valence-corrected chi connectivity index (χ0v) is 10.2. The van der Waals surface area contributed by atoms with E-state index in [2.05, 4.69) is 18.5 Å². The van der Waals surface area contributed by atoms with E-state index in [9.17, 15) is 4.79 Å². The molecular weight excluding hydrogens is 236 g/mol. The number of halogens is 1. The number of amides is 1. The van der Waals surface area contributed by atoms with Gasteiger partial charge >= 0.3 is 0 Å². The first-order valence-electron chi connectivity index (χ1n) is 5.15. The van der Waals surface area contributed by atoms with Crippen molar-refractivity contribution in [3.63, 3.8) is 0 Å². The maximum Gasteiger partial charge on any atom is 0.241 e. The highest BCUT2D eigenvalue weighted by Gasteiger charge is 2.13. The molecule has 3 N–H and O–H groups in total. The summed E-state index contributed by atoms with van der Waals surface area (Å²) in [5, 5.41) is 3.22. The average Bonchev–Trinajstić information content (AvgIpc) is 2.31. The van der Waals surface area contributed by atoms with Crippen molar-refractivity contribution in [2.45, 2.75) is 12.5 Å². The van der Waals surface area contributed by atoms with Crippen molar-refractivity contribution in [3.05, 3.63) is 59.8 Å². The summed E-state index contributed by atoms with van der Waals surface area (Å²) in [6.45, 7) is 7.09. The Morgan fingerprint density at radius 3 is 2.59 bits per heavy atom. The fourth-order valence-corrected chi connectivity index (χ4v) is 1.40. The van der Waals surface area contributed by atoms with E-state index in [-0.39, 0.29) is 5.91 Å². The summed E-state index contributed by atoms with van der Waals surface area (Å²) in [4.78, 5) is 11.6. The Labute approximate surface area is 106 Å². The minimum absolute atomic E-state index is 0.273. The highest BCUT2D eigenvalue weighted by molar-refractivity contribution is 6.30. The van der Waals surface area contributed by atoms with E-state index in [1.54, 1.807) is 12.1 Å².